The summed E-state index contributed by atoms with van der Waals surface area (Å²) in [5.74, 6) is 0.320. The van der Waals surface area contributed by atoms with E-state index in [-0.39, 0.29) is 28.8 Å². The van der Waals surface area contributed by atoms with E-state index in [9.17, 15) is 18.0 Å². The number of nitrogens with one attached hydrogen (secondary N) is 2. The number of carbonyl (C=O) groups is 1. The lowest BCUT2D eigenvalue weighted by Gasteiger charge is -2.20. The molecule has 3 aromatic rings. The molecule has 2 aromatic carbocycles. The second kappa shape index (κ2) is 8.72. The summed E-state index contributed by atoms with van der Waals surface area (Å²) in [6.45, 7) is 5.29. The Balaban J connectivity index is 1.49. The fourth-order valence-corrected chi connectivity index (χ4v) is 5.19. The second-order valence-corrected chi connectivity index (χ2v) is 11.1. The van der Waals surface area contributed by atoms with Gasteiger partial charge in [0.2, 0.25) is 15.9 Å². The molecule has 2 N–H and O–H groups in total. The van der Waals surface area contributed by atoms with E-state index < -0.39 is 15.6 Å². The Morgan fingerprint density at radius 3 is 2.55 bits per heavy atom. The van der Waals surface area contributed by atoms with Crippen molar-refractivity contribution in [2.75, 3.05) is 5.32 Å². The molecule has 33 heavy (non-hydrogen) atoms. The van der Waals surface area contributed by atoms with E-state index in [1.165, 1.54) is 12.1 Å². The third-order valence-electron chi connectivity index (χ3n) is 5.24. The summed E-state index contributed by atoms with van der Waals surface area (Å²) in [6, 6.07) is 13.5. The molecule has 0 radical (unpaired) electrons. The van der Waals surface area contributed by atoms with E-state index in [2.05, 4.69) is 15.0 Å². The van der Waals surface area contributed by atoms with Crippen molar-refractivity contribution in [2.45, 2.75) is 62.9 Å². The average molecular weight is 469 g/mol. The number of benzene rings is 2. The summed E-state index contributed by atoms with van der Waals surface area (Å²) in [5, 5.41) is 3.34. The molecule has 0 spiro atoms. The zero-order valence-electron chi connectivity index (χ0n) is 19.0. The van der Waals surface area contributed by atoms with Crippen LogP contribution in [0.25, 0.3) is 10.9 Å². The number of amides is 1. The van der Waals surface area contributed by atoms with Gasteiger partial charge in [-0.2, -0.15) is 0 Å². The van der Waals surface area contributed by atoms with Crippen LogP contribution < -0.4 is 15.6 Å². The minimum absolute atomic E-state index is 0.0669. The van der Waals surface area contributed by atoms with Crippen molar-refractivity contribution >= 4 is 32.5 Å². The van der Waals surface area contributed by atoms with Crippen molar-refractivity contribution in [3.8, 4) is 0 Å². The Morgan fingerprint density at radius 2 is 1.85 bits per heavy atom. The molecule has 0 atom stereocenters. The van der Waals surface area contributed by atoms with Gasteiger partial charge in [0.25, 0.3) is 5.56 Å². The molecule has 0 bridgehead atoms. The predicted molar refractivity (Wildman–Crippen MR) is 128 cm³/mol. The van der Waals surface area contributed by atoms with Crippen molar-refractivity contribution < 1.29 is 13.2 Å². The number of para-hydroxylation sites is 1. The average Bonchev–Trinajstić information content (AvgIpc) is 3.56. The minimum atomic E-state index is -3.71. The number of rotatable bonds is 7. The molecule has 174 valence electrons. The molecular weight excluding hydrogens is 440 g/mol. The van der Waals surface area contributed by atoms with Gasteiger partial charge in [0.15, 0.2) is 0 Å². The van der Waals surface area contributed by atoms with Gasteiger partial charge in [-0.15, -0.1) is 0 Å². The zero-order chi connectivity index (χ0) is 23.8. The number of carbonyl (C=O) groups excluding carboxylic acids is 1. The third-order valence-corrected chi connectivity index (χ3v) is 6.99. The lowest BCUT2D eigenvalue weighted by atomic mass is 10.1. The zero-order valence-corrected chi connectivity index (χ0v) is 19.8. The first kappa shape index (κ1) is 23.1. The van der Waals surface area contributed by atoms with Gasteiger partial charge in [0, 0.05) is 30.1 Å². The summed E-state index contributed by atoms with van der Waals surface area (Å²) in [5.41, 5.74) is 0.326. The lowest BCUT2D eigenvalue weighted by Crippen LogP contribution is -2.40. The Hall–Kier alpha value is -3.04. The molecule has 0 unspecified atom stereocenters. The van der Waals surface area contributed by atoms with Crippen LogP contribution in [0.2, 0.25) is 0 Å². The molecule has 0 saturated heterocycles. The van der Waals surface area contributed by atoms with Crippen molar-refractivity contribution in [3.63, 3.8) is 0 Å². The predicted octanol–water partition coefficient (Wildman–Crippen LogP) is 3.38. The summed E-state index contributed by atoms with van der Waals surface area (Å²) in [7, 11) is -3.71. The third kappa shape index (κ3) is 5.48. The van der Waals surface area contributed by atoms with E-state index in [4.69, 9.17) is 0 Å². The van der Waals surface area contributed by atoms with Gasteiger partial charge in [-0.05, 0) is 63.9 Å². The molecule has 8 nitrogen and oxygen atoms in total. The number of anilines is 1. The fraction of sp³-hybridized carbons (Fsp3) is 0.375. The summed E-state index contributed by atoms with van der Waals surface area (Å²) in [6.07, 6.45) is 2.30. The lowest BCUT2D eigenvalue weighted by molar-refractivity contribution is -0.116. The highest BCUT2D eigenvalue weighted by molar-refractivity contribution is 7.89. The van der Waals surface area contributed by atoms with E-state index >= 15 is 0 Å². The van der Waals surface area contributed by atoms with Crippen LogP contribution in [0.15, 0.2) is 58.2 Å². The Bertz CT molecular complexity index is 1370. The van der Waals surface area contributed by atoms with Crippen molar-refractivity contribution in [1.82, 2.24) is 14.3 Å². The van der Waals surface area contributed by atoms with Crippen LogP contribution in [0.4, 0.5) is 5.69 Å². The second-order valence-electron chi connectivity index (χ2n) is 9.38. The summed E-state index contributed by atoms with van der Waals surface area (Å²) >= 11 is 0. The van der Waals surface area contributed by atoms with Gasteiger partial charge in [-0.3, -0.25) is 14.2 Å². The van der Waals surface area contributed by atoms with Crippen LogP contribution in [0.3, 0.4) is 0 Å². The SMILES string of the molecule is CC(C)(C)NS(=O)(=O)c1cccc(NC(=O)CCc2nc3ccccc3c(=O)n2C2CC2)c1. The number of nitrogens with zero attached hydrogens (tertiary/aromatic N) is 2. The number of fused-ring (bicyclic) bond motifs is 1. The van der Waals surface area contributed by atoms with Crippen LogP contribution in [0.1, 0.15) is 51.9 Å². The first-order valence-corrected chi connectivity index (χ1v) is 12.5. The smallest absolute Gasteiger partial charge is 0.261 e. The number of sulfonamides is 1. The summed E-state index contributed by atoms with van der Waals surface area (Å²) < 4.78 is 29.5. The van der Waals surface area contributed by atoms with E-state index in [1.807, 2.05) is 12.1 Å². The first-order chi connectivity index (χ1) is 15.5. The van der Waals surface area contributed by atoms with Crippen LogP contribution in [-0.2, 0) is 21.2 Å². The number of hydrogen-bond donors (Lipinski definition) is 2. The highest BCUT2D eigenvalue weighted by Gasteiger charge is 2.28. The topological polar surface area (TPSA) is 110 Å². The molecule has 9 heteroatoms. The Labute approximate surface area is 193 Å². The van der Waals surface area contributed by atoms with E-state index in [0.717, 1.165) is 12.8 Å². The highest BCUT2D eigenvalue weighted by atomic mass is 32.2. The quantitative estimate of drug-likeness (QED) is 0.552. The highest BCUT2D eigenvalue weighted by Crippen LogP contribution is 2.35. The number of aryl methyl sites for hydroxylation is 1. The van der Waals surface area contributed by atoms with Gasteiger partial charge in [0.05, 0.1) is 15.8 Å². The van der Waals surface area contributed by atoms with Gasteiger partial charge in [0.1, 0.15) is 5.82 Å². The molecule has 1 aliphatic rings. The molecule has 0 aliphatic heterocycles. The van der Waals surface area contributed by atoms with Gasteiger partial charge in [-0.25, -0.2) is 18.1 Å². The number of aromatic nitrogens is 2. The monoisotopic (exact) mass is 468 g/mol. The maximum Gasteiger partial charge on any atom is 0.261 e. The Morgan fingerprint density at radius 1 is 1.12 bits per heavy atom. The van der Waals surface area contributed by atoms with Crippen LogP contribution in [0, 0.1) is 0 Å². The maximum absolute atomic E-state index is 13.0. The van der Waals surface area contributed by atoms with E-state index in [0.29, 0.717) is 28.8 Å². The van der Waals surface area contributed by atoms with Gasteiger partial charge >= 0.3 is 0 Å². The molecule has 1 aliphatic carbocycles. The Kier molecular flexibility index (Phi) is 6.11. The van der Waals surface area contributed by atoms with Crippen LogP contribution >= 0.6 is 0 Å². The first-order valence-electron chi connectivity index (χ1n) is 11.0. The van der Waals surface area contributed by atoms with Gasteiger partial charge < -0.3 is 5.32 Å². The van der Waals surface area contributed by atoms with Crippen LogP contribution in [-0.4, -0.2) is 29.4 Å². The molecule has 1 heterocycles. The van der Waals surface area contributed by atoms with Crippen molar-refractivity contribution in [2.24, 2.45) is 0 Å². The molecule has 1 fully saturated rings. The van der Waals surface area contributed by atoms with Crippen molar-refractivity contribution in [3.05, 3.63) is 64.7 Å². The molecule has 1 amide bonds. The van der Waals surface area contributed by atoms with Crippen LogP contribution in [0.5, 0.6) is 0 Å². The standard InChI is InChI=1S/C24H28N4O4S/c1-24(2,3)27-33(31,32)18-8-6-7-16(15-18)25-22(29)14-13-21-26-20-10-5-4-9-19(20)23(30)28(21)17-11-12-17/h4-10,15,17,27H,11-14H2,1-3H3,(H,25,29). The van der Waals surface area contributed by atoms with Gasteiger partial charge in [-0.1, -0.05) is 18.2 Å². The fourth-order valence-electron chi connectivity index (χ4n) is 3.73. The summed E-state index contributed by atoms with van der Waals surface area (Å²) in [4.78, 5) is 30.3. The number of hydrogen-bond acceptors (Lipinski definition) is 5. The normalized spacial score (nSPS) is 14.4. The minimum Gasteiger partial charge on any atom is -0.326 e. The molecule has 1 saturated carbocycles. The molecular formula is C24H28N4O4S. The maximum atomic E-state index is 13.0. The van der Waals surface area contributed by atoms with E-state index in [1.54, 1.807) is 49.6 Å². The molecule has 4 rings (SSSR count). The molecule has 1 aromatic heterocycles. The largest absolute Gasteiger partial charge is 0.326 e. The van der Waals surface area contributed by atoms with Crippen molar-refractivity contribution in [1.29, 1.82) is 0 Å².